The van der Waals surface area contributed by atoms with Gasteiger partial charge >= 0.3 is 12.3 Å². The number of alkyl halides is 4. The molecule has 1 heterocycles. The van der Waals surface area contributed by atoms with E-state index < -0.39 is 41.4 Å². The number of halogens is 4. The Bertz CT molecular complexity index is 364. The molecule has 0 saturated carbocycles. The summed E-state index contributed by atoms with van der Waals surface area (Å²) in [6.07, 6.45) is -5.27. The molecule has 0 radical (unpaired) electrons. The van der Waals surface area contributed by atoms with Gasteiger partial charge in [0.25, 0.3) is 0 Å². The summed E-state index contributed by atoms with van der Waals surface area (Å²) in [5, 5.41) is 9.59. The Kier molecular flexibility index (Phi) is 3.33. The average molecular weight is 272 g/mol. The summed E-state index contributed by atoms with van der Waals surface area (Å²) in [4.78, 5) is 11.8. The lowest BCUT2D eigenvalue weighted by Crippen LogP contribution is -2.55. The highest BCUT2D eigenvalue weighted by Gasteiger charge is 2.70. The van der Waals surface area contributed by atoms with Crippen LogP contribution in [0.3, 0.4) is 0 Å². The molecule has 1 rings (SSSR count). The fourth-order valence-corrected chi connectivity index (χ4v) is 1.74. The van der Waals surface area contributed by atoms with Gasteiger partial charge in [0, 0.05) is 0 Å². The lowest BCUT2D eigenvalue weighted by Gasteiger charge is -2.39. The Morgan fingerprint density at radius 2 is 1.78 bits per heavy atom. The monoisotopic (exact) mass is 272 g/mol. The fraction of sp³-hybridized carbons (Fsp3) is 0.909. The third-order valence-electron chi connectivity index (χ3n) is 3.53. The Balaban J connectivity index is 3.18. The lowest BCUT2D eigenvalue weighted by atomic mass is 9.75. The van der Waals surface area contributed by atoms with Crippen LogP contribution < -0.4 is 0 Å². The molecule has 2 unspecified atom stereocenters. The van der Waals surface area contributed by atoms with E-state index in [0.29, 0.717) is 0 Å². The second-order valence-electron chi connectivity index (χ2n) is 5.69. The predicted octanol–water partition coefficient (Wildman–Crippen LogP) is 2.37. The largest absolute Gasteiger partial charge is 0.360 e. The van der Waals surface area contributed by atoms with E-state index in [2.05, 4.69) is 0 Å². The number of rotatable bonds is 2. The van der Waals surface area contributed by atoms with E-state index in [1.807, 2.05) is 0 Å². The number of ketones is 1. The highest BCUT2D eigenvalue weighted by Crippen LogP contribution is 2.51. The van der Waals surface area contributed by atoms with Gasteiger partial charge in [-0.25, -0.2) is 8.78 Å². The van der Waals surface area contributed by atoms with Crippen LogP contribution in [0.4, 0.5) is 17.6 Å². The molecule has 3 nitrogen and oxygen atoms in total. The van der Waals surface area contributed by atoms with Crippen molar-refractivity contribution in [3.63, 3.8) is 0 Å². The zero-order valence-electron chi connectivity index (χ0n) is 10.6. The van der Waals surface area contributed by atoms with Gasteiger partial charge < -0.3 is 9.84 Å². The minimum atomic E-state index is -4.80. The van der Waals surface area contributed by atoms with Gasteiger partial charge in [-0.1, -0.05) is 20.8 Å². The van der Waals surface area contributed by atoms with Gasteiger partial charge in [-0.05, 0) is 12.3 Å². The predicted molar refractivity (Wildman–Crippen MR) is 54.5 cm³/mol. The highest BCUT2D eigenvalue weighted by molar-refractivity contribution is 5.90. The normalized spacial score (nSPS) is 34.4. The molecule has 0 bridgehead atoms. The minimum Gasteiger partial charge on any atom is -0.360 e. The molecule has 1 saturated heterocycles. The zero-order chi connectivity index (χ0) is 14.6. The maximum absolute atomic E-state index is 13.3. The maximum atomic E-state index is 13.3. The molecule has 1 aliphatic heterocycles. The summed E-state index contributed by atoms with van der Waals surface area (Å²) >= 11 is 0. The van der Waals surface area contributed by atoms with Crippen molar-refractivity contribution >= 4 is 5.78 Å². The molecule has 1 N–H and O–H groups in total. The van der Waals surface area contributed by atoms with E-state index >= 15 is 0 Å². The molecule has 0 aromatic heterocycles. The third-order valence-corrected chi connectivity index (χ3v) is 3.53. The highest BCUT2D eigenvalue weighted by atomic mass is 19.3. The topological polar surface area (TPSA) is 46.5 Å². The van der Waals surface area contributed by atoms with Crippen LogP contribution in [0.25, 0.3) is 0 Å². The van der Waals surface area contributed by atoms with E-state index in [4.69, 9.17) is 4.74 Å². The molecule has 0 amide bonds. The van der Waals surface area contributed by atoms with Crippen LogP contribution in [-0.4, -0.2) is 34.6 Å². The van der Waals surface area contributed by atoms with Crippen molar-refractivity contribution < 1.29 is 32.2 Å². The van der Waals surface area contributed by atoms with E-state index in [1.165, 1.54) is 27.7 Å². The fourth-order valence-electron chi connectivity index (χ4n) is 1.74. The van der Waals surface area contributed by atoms with Crippen LogP contribution in [0.2, 0.25) is 0 Å². The molecule has 0 aromatic carbocycles. The number of Topliss-reactive ketones (excluding diaryl/α,β-unsaturated/α-hetero) is 1. The van der Waals surface area contributed by atoms with Gasteiger partial charge in [0.1, 0.15) is 5.60 Å². The van der Waals surface area contributed by atoms with Crippen LogP contribution in [0.1, 0.15) is 34.1 Å². The van der Waals surface area contributed by atoms with Gasteiger partial charge in [0.2, 0.25) is 5.79 Å². The minimum absolute atomic E-state index is 0.821. The van der Waals surface area contributed by atoms with Gasteiger partial charge in [0.05, 0.1) is 6.42 Å². The SMILES string of the molecule is CC(C)(C)C1(C)OC(O)(C(F)(F)C(F)F)CC1=O. The van der Waals surface area contributed by atoms with Crippen molar-refractivity contribution in [2.24, 2.45) is 5.41 Å². The number of hydrogen-bond donors (Lipinski definition) is 1. The first-order valence-electron chi connectivity index (χ1n) is 5.40. The van der Waals surface area contributed by atoms with Gasteiger partial charge in [-0.15, -0.1) is 0 Å². The molecular weight excluding hydrogens is 256 g/mol. The maximum Gasteiger partial charge on any atom is 0.360 e. The van der Waals surface area contributed by atoms with Crippen molar-refractivity contribution in [2.75, 3.05) is 0 Å². The number of carbonyl (C=O) groups is 1. The quantitative estimate of drug-likeness (QED) is 0.785. The van der Waals surface area contributed by atoms with E-state index in [-0.39, 0.29) is 0 Å². The molecule has 0 aliphatic carbocycles. The van der Waals surface area contributed by atoms with Crippen molar-refractivity contribution in [3.05, 3.63) is 0 Å². The lowest BCUT2D eigenvalue weighted by molar-refractivity contribution is -0.358. The van der Waals surface area contributed by atoms with E-state index in [1.54, 1.807) is 0 Å². The van der Waals surface area contributed by atoms with Crippen molar-refractivity contribution in [2.45, 2.75) is 57.9 Å². The number of hydrogen-bond acceptors (Lipinski definition) is 3. The van der Waals surface area contributed by atoms with E-state index in [9.17, 15) is 27.5 Å². The van der Waals surface area contributed by atoms with Crippen molar-refractivity contribution in [3.8, 4) is 0 Å². The molecule has 0 aromatic rings. The molecule has 106 valence electrons. The van der Waals surface area contributed by atoms with E-state index in [0.717, 1.165) is 0 Å². The summed E-state index contributed by atoms with van der Waals surface area (Å²) < 4.78 is 55.8. The van der Waals surface area contributed by atoms with Crippen LogP contribution in [0, 0.1) is 5.41 Å². The molecule has 1 fully saturated rings. The van der Waals surface area contributed by atoms with Crippen molar-refractivity contribution in [1.29, 1.82) is 0 Å². The first kappa shape index (κ1) is 15.4. The first-order chi connectivity index (χ1) is 7.78. The van der Waals surface area contributed by atoms with Crippen LogP contribution in [0.5, 0.6) is 0 Å². The summed E-state index contributed by atoms with van der Waals surface area (Å²) in [5.74, 6) is -9.08. The average Bonchev–Trinajstić information content (AvgIpc) is 2.38. The Morgan fingerprint density at radius 3 is 2.06 bits per heavy atom. The molecule has 2 atom stereocenters. The molecular formula is C11H16F4O3. The van der Waals surface area contributed by atoms with Gasteiger partial charge in [-0.3, -0.25) is 4.79 Å². The number of carbonyl (C=O) groups excluding carboxylic acids is 1. The Labute approximate surface area is 102 Å². The number of ether oxygens (including phenoxy) is 1. The molecule has 0 spiro atoms. The first-order valence-corrected chi connectivity index (χ1v) is 5.40. The summed E-state index contributed by atoms with van der Waals surface area (Å²) in [7, 11) is 0. The smallest absolute Gasteiger partial charge is 0.360 e. The number of aliphatic hydroxyl groups is 1. The second kappa shape index (κ2) is 3.90. The second-order valence-corrected chi connectivity index (χ2v) is 5.69. The summed E-state index contributed by atoms with van der Waals surface area (Å²) in [5.41, 5.74) is -2.65. The van der Waals surface area contributed by atoms with Crippen LogP contribution >= 0.6 is 0 Å². The standard InChI is InChI=1S/C11H16F4O3/c1-8(2,3)9(4)6(16)5-10(17,18-9)11(14,15)7(12)13/h7,17H,5H2,1-4H3. The van der Waals surface area contributed by atoms with Crippen LogP contribution in [-0.2, 0) is 9.53 Å². The summed E-state index contributed by atoms with van der Waals surface area (Å²) in [6, 6.07) is 0. The Morgan fingerprint density at radius 1 is 1.33 bits per heavy atom. The molecule has 1 aliphatic rings. The molecule has 7 heteroatoms. The molecule has 18 heavy (non-hydrogen) atoms. The zero-order valence-corrected chi connectivity index (χ0v) is 10.6. The van der Waals surface area contributed by atoms with Gasteiger partial charge in [0.15, 0.2) is 5.78 Å². The van der Waals surface area contributed by atoms with Crippen molar-refractivity contribution in [1.82, 2.24) is 0 Å². The third kappa shape index (κ3) is 1.93. The van der Waals surface area contributed by atoms with Gasteiger partial charge in [-0.2, -0.15) is 8.78 Å². The Hall–Kier alpha value is -0.690. The van der Waals surface area contributed by atoms with Crippen LogP contribution in [0.15, 0.2) is 0 Å². The summed E-state index contributed by atoms with van der Waals surface area (Å²) in [6.45, 7) is 5.83.